The van der Waals surface area contributed by atoms with E-state index in [1.165, 1.54) is 19.3 Å². The number of alkyl halides is 1. The first-order valence-electron chi connectivity index (χ1n) is 6.22. The SMILES string of the molecule is CC1(C)CCCN(c2cncc(CCl)n2)CC1. The zero-order valence-corrected chi connectivity index (χ0v) is 11.4. The van der Waals surface area contributed by atoms with Crippen LogP contribution in [0.5, 0.6) is 0 Å². The highest BCUT2D eigenvalue weighted by molar-refractivity contribution is 6.16. The van der Waals surface area contributed by atoms with E-state index in [0.29, 0.717) is 11.3 Å². The predicted molar refractivity (Wildman–Crippen MR) is 71.4 cm³/mol. The Balaban J connectivity index is 2.11. The molecule has 1 saturated heterocycles. The van der Waals surface area contributed by atoms with Crippen LogP contribution in [0.2, 0.25) is 0 Å². The monoisotopic (exact) mass is 253 g/mol. The van der Waals surface area contributed by atoms with Crippen molar-refractivity contribution >= 4 is 17.4 Å². The van der Waals surface area contributed by atoms with E-state index in [1.54, 1.807) is 6.20 Å². The third kappa shape index (κ3) is 3.32. The molecule has 2 heterocycles. The average Bonchev–Trinajstić information content (AvgIpc) is 2.50. The van der Waals surface area contributed by atoms with Crippen molar-refractivity contribution in [3.63, 3.8) is 0 Å². The Kier molecular flexibility index (Phi) is 3.87. The number of halogens is 1. The van der Waals surface area contributed by atoms with Gasteiger partial charge in [-0.15, -0.1) is 11.6 Å². The molecule has 0 spiro atoms. The van der Waals surface area contributed by atoms with Crippen molar-refractivity contribution in [3.05, 3.63) is 18.1 Å². The predicted octanol–water partition coefficient (Wildman–Crippen LogP) is 3.23. The van der Waals surface area contributed by atoms with Crippen LogP contribution in [0, 0.1) is 5.41 Å². The van der Waals surface area contributed by atoms with Crippen molar-refractivity contribution in [3.8, 4) is 0 Å². The fraction of sp³-hybridized carbons (Fsp3) is 0.692. The fourth-order valence-corrected chi connectivity index (χ4v) is 2.39. The lowest BCUT2D eigenvalue weighted by Gasteiger charge is -2.24. The Morgan fingerprint density at radius 1 is 1.29 bits per heavy atom. The summed E-state index contributed by atoms with van der Waals surface area (Å²) in [5.74, 6) is 1.40. The zero-order chi connectivity index (χ0) is 12.3. The molecule has 0 amide bonds. The standard InChI is InChI=1S/C13H20ClN3/c1-13(2)4-3-6-17(7-5-13)12-10-15-9-11(8-14)16-12/h9-10H,3-8H2,1-2H3. The minimum atomic E-state index is 0.431. The first-order valence-corrected chi connectivity index (χ1v) is 6.76. The van der Waals surface area contributed by atoms with E-state index in [0.717, 1.165) is 24.6 Å². The minimum Gasteiger partial charge on any atom is -0.355 e. The second-order valence-electron chi connectivity index (χ2n) is 5.51. The smallest absolute Gasteiger partial charge is 0.147 e. The molecule has 1 fully saturated rings. The third-order valence-corrected chi connectivity index (χ3v) is 3.75. The number of anilines is 1. The molecule has 4 heteroatoms. The van der Waals surface area contributed by atoms with Crippen LogP contribution in [0.3, 0.4) is 0 Å². The van der Waals surface area contributed by atoms with Crippen LogP contribution in [0.4, 0.5) is 5.82 Å². The molecule has 0 saturated carbocycles. The normalized spacial score (nSPS) is 20.1. The van der Waals surface area contributed by atoms with Crippen molar-refractivity contribution in [2.24, 2.45) is 5.41 Å². The highest BCUT2D eigenvalue weighted by Gasteiger charge is 2.23. The Bertz CT molecular complexity index is 379. The third-order valence-electron chi connectivity index (χ3n) is 3.47. The fourth-order valence-electron chi connectivity index (χ4n) is 2.26. The van der Waals surface area contributed by atoms with Gasteiger partial charge in [0, 0.05) is 19.3 Å². The number of hydrogen-bond acceptors (Lipinski definition) is 3. The summed E-state index contributed by atoms with van der Waals surface area (Å²) in [5, 5.41) is 0. The molecule has 1 aliphatic heterocycles. The van der Waals surface area contributed by atoms with Crippen LogP contribution in [0.15, 0.2) is 12.4 Å². The van der Waals surface area contributed by atoms with Gasteiger partial charge in [-0.25, -0.2) is 4.98 Å². The van der Waals surface area contributed by atoms with Crippen molar-refractivity contribution in [1.29, 1.82) is 0 Å². The van der Waals surface area contributed by atoms with Crippen molar-refractivity contribution in [2.45, 2.75) is 39.0 Å². The topological polar surface area (TPSA) is 29.0 Å². The summed E-state index contributed by atoms with van der Waals surface area (Å²) in [6.45, 7) is 6.83. The number of aromatic nitrogens is 2. The lowest BCUT2D eigenvalue weighted by Crippen LogP contribution is -2.26. The molecule has 1 aromatic rings. The first kappa shape index (κ1) is 12.6. The van der Waals surface area contributed by atoms with Crippen molar-refractivity contribution in [2.75, 3.05) is 18.0 Å². The molecule has 0 bridgehead atoms. The van der Waals surface area contributed by atoms with Gasteiger partial charge in [0.05, 0.1) is 17.8 Å². The van der Waals surface area contributed by atoms with Gasteiger partial charge in [0.2, 0.25) is 0 Å². The summed E-state index contributed by atoms with van der Waals surface area (Å²) in [4.78, 5) is 11.1. The molecular formula is C13H20ClN3. The lowest BCUT2D eigenvalue weighted by atomic mass is 9.85. The molecule has 3 nitrogen and oxygen atoms in total. The van der Waals surface area contributed by atoms with Crippen LogP contribution in [0.25, 0.3) is 0 Å². The Morgan fingerprint density at radius 3 is 2.88 bits per heavy atom. The number of rotatable bonds is 2. The molecule has 0 N–H and O–H groups in total. The summed E-state index contributed by atoms with van der Waals surface area (Å²) in [6, 6.07) is 0. The van der Waals surface area contributed by atoms with Crippen LogP contribution >= 0.6 is 11.6 Å². The van der Waals surface area contributed by atoms with E-state index in [4.69, 9.17) is 11.6 Å². The maximum absolute atomic E-state index is 5.79. The van der Waals surface area contributed by atoms with Crippen molar-refractivity contribution < 1.29 is 0 Å². The minimum absolute atomic E-state index is 0.431. The van der Waals surface area contributed by atoms with E-state index in [2.05, 4.69) is 28.7 Å². The van der Waals surface area contributed by atoms with Gasteiger partial charge in [-0.2, -0.15) is 0 Å². The molecule has 0 aliphatic carbocycles. The molecular weight excluding hydrogens is 234 g/mol. The Labute approximate surface area is 108 Å². The Morgan fingerprint density at radius 2 is 2.12 bits per heavy atom. The van der Waals surface area contributed by atoms with Gasteiger partial charge in [-0.1, -0.05) is 13.8 Å². The highest BCUT2D eigenvalue weighted by atomic mass is 35.5. The van der Waals surface area contributed by atoms with Crippen molar-refractivity contribution in [1.82, 2.24) is 9.97 Å². The van der Waals surface area contributed by atoms with Gasteiger partial charge in [-0.05, 0) is 24.7 Å². The van der Waals surface area contributed by atoms with Gasteiger partial charge in [0.25, 0.3) is 0 Å². The van der Waals surface area contributed by atoms with Gasteiger partial charge >= 0.3 is 0 Å². The number of hydrogen-bond donors (Lipinski definition) is 0. The molecule has 94 valence electrons. The van der Waals surface area contributed by atoms with E-state index in [1.807, 2.05) is 6.20 Å². The van der Waals surface area contributed by atoms with E-state index in [-0.39, 0.29) is 0 Å². The molecule has 1 aromatic heterocycles. The molecule has 2 rings (SSSR count). The maximum atomic E-state index is 5.79. The summed E-state index contributed by atoms with van der Waals surface area (Å²) < 4.78 is 0. The van der Waals surface area contributed by atoms with Crippen LogP contribution in [0.1, 0.15) is 38.8 Å². The number of nitrogens with zero attached hydrogens (tertiary/aromatic N) is 3. The Hall–Kier alpha value is -0.830. The van der Waals surface area contributed by atoms with Gasteiger partial charge in [0.1, 0.15) is 5.82 Å². The van der Waals surface area contributed by atoms with E-state index >= 15 is 0 Å². The molecule has 0 unspecified atom stereocenters. The lowest BCUT2D eigenvalue weighted by molar-refractivity contribution is 0.325. The van der Waals surface area contributed by atoms with Crippen LogP contribution in [-0.2, 0) is 5.88 Å². The second-order valence-corrected chi connectivity index (χ2v) is 5.77. The second kappa shape index (κ2) is 5.21. The summed E-state index contributed by atoms with van der Waals surface area (Å²) in [5.41, 5.74) is 1.30. The van der Waals surface area contributed by atoms with Gasteiger partial charge in [-0.3, -0.25) is 4.98 Å². The zero-order valence-electron chi connectivity index (χ0n) is 10.6. The quantitative estimate of drug-likeness (QED) is 0.758. The summed E-state index contributed by atoms with van der Waals surface area (Å²) in [6.07, 6.45) is 7.29. The van der Waals surface area contributed by atoms with Crippen LogP contribution in [-0.4, -0.2) is 23.1 Å². The molecule has 1 aliphatic rings. The maximum Gasteiger partial charge on any atom is 0.147 e. The molecule has 0 radical (unpaired) electrons. The molecule has 0 atom stereocenters. The first-order chi connectivity index (χ1) is 8.11. The molecule has 0 aromatic carbocycles. The summed E-state index contributed by atoms with van der Waals surface area (Å²) in [7, 11) is 0. The van der Waals surface area contributed by atoms with E-state index in [9.17, 15) is 0 Å². The van der Waals surface area contributed by atoms with Gasteiger partial charge < -0.3 is 4.90 Å². The van der Waals surface area contributed by atoms with Gasteiger partial charge in [0.15, 0.2) is 0 Å². The largest absolute Gasteiger partial charge is 0.355 e. The molecule has 17 heavy (non-hydrogen) atoms. The van der Waals surface area contributed by atoms with E-state index < -0.39 is 0 Å². The average molecular weight is 254 g/mol. The summed E-state index contributed by atoms with van der Waals surface area (Å²) >= 11 is 5.79. The van der Waals surface area contributed by atoms with Crippen LogP contribution < -0.4 is 4.90 Å². The highest BCUT2D eigenvalue weighted by Crippen LogP contribution is 2.31.